The molecule has 2 aliphatic heterocycles. The summed E-state index contributed by atoms with van der Waals surface area (Å²) in [5.74, 6) is -1.70. The van der Waals surface area contributed by atoms with Crippen LogP contribution >= 0.6 is 0 Å². The zero-order chi connectivity index (χ0) is 7.24. The van der Waals surface area contributed by atoms with Crippen LogP contribution in [0.4, 0.5) is 0 Å². The fourth-order valence-corrected chi connectivity index (χ4v) is 1.47. The molecular weight excluding hydrogens is 136 g/mol. The fourth-order valence-electron chi connectivity index (χ4n) is 1.47. The van der Waals surface area contributed by atoms with Crippen molar-refractivity contribution in [3.63, 3.8) is 0 Å². The van der Waals surface area contributed by atoms with E-state index < -0.39 is 11.6 Å². The lowest BCUT2D eigenvalue weighted by molar-refractivity contribution is -0.362. The highest BCUT2D eigenvalue weighted by Gasteiger charge is 2.60. The van der Waals surface area contributed by atoms with Crippen LogP contribution in [0, 0.1) is 0 Å². The van der Waals surface area contributed by atoms with Gasteiger partial charge in [-0.05, 0) is 0 Å². The molecular formula is C6H10O4. The van der Waals surface area contributed by atoms with E-state index in [1.54, 1.807) is 0 Å². The lowest BCUT2D eigenvalue weighted by Gasteiger charge is -2.26. The molecule has 2 saturated heterocycles. The van der Waals surface area contributed by atoms with Gasteiger partial charge in [-0.15, -0.1) is 0 Å². The van der Waals surface area contributed by atoms with Gasteiger partial charge in [-0.3, -0.25) is 0 Å². The predicted octanol–water partition coefficient (Wildman–Crippen LogP) is -0.796. The van der Waals surface area contributed by atoms with E-state index in [0.29, 0.717) is 26.1 Å². The van der Waals surface area contributed by atoms with Crippen LogP contribution in [-0.2, 0) is 9.47 Å². The molecule has 2 N–H and O–H groups in total. The van der Waals surface area contributed by atoms with E-state index in [2.05, 4.69) is 0 Å². The number of rotatable bonds is 0. The number of hydrogen-bond donors (Lipinski definition) is 2. The molecule has 2 aliphatic rings. The van der Waals surface area contributed by atoms with Gasteiger partial charge in [0.1, 0.15) is 0 Å². The highest BCUT2D eigenvalue weighted by atomic mass is 16.8. The van der Waals surface area contributed by atoms with Gasteiger partial charge in [0.2, 0.25) is 0 Å². The highest BCUT2D eigenvalue weighted by molar-refractivity contribution is 4.96. The Hall–Kier alpha value is -0.160. The average Bonchev–Trinajstić information content (AvgIpc) is 2.20. The Kier molecular flexibility index (Phi) is 1.12. The van der Waals surface area contributed by atoms with Gasteiger partial charge in [0.25, 0.3) is 0 Å². The molecule has 0 spiro atoms. The third kappa shape index (κ3) is 0.594. The molecule has 4 heteroatoms. The normalized spacial score (nSPS) is 53.4. The van der Waals surface area contributed by atoms with Gasteiger partial charge in [0, 0.05) is 12.8 Å². The summed E-state index contributed by atoms with van der Waals surface area (Å²) in [6, 6.07) is 0. The van der Waals surface area contributed by atoms with Crippen LogP contribution in [0.2, 0.25) is 0 Å². The van der Waals surface area contributed by atoms with Crippen molar-refractivity contribution in [2.45, 2.75) is 24.4 Å². The van der Waals surface area contributed by atoms with Gasteiger partial charge < -0.3 is 19.7 Å². The molecule has 58 valence electrons. The molecule has 2 heterocycles. The molecule has 2 fully saturated rings. The third-order valence-corrected chi connectivity index (χ3v) is 2.21. The van der Waals surface area contributed by atoms with Crippen molar-refractivity contribution in [3.05, 3.63) is 0 Å². The molecule has 0 unspecified atom stereocenters. The maximum absolute atomic E-state index is 9.59. The van der Waals surface area contributed by atoms with E-state index in [9.17, 15) is 10.2 Å². The van der Waals surface area contributed by atoms with Crippen LogP contribution in [0.5, 0.6) is 0 Å². The second-order valence-corrected chi connectivity index (χ2v) is 2.81. The van der Waals surface area contributed by atoms with E-state index in [1.807, 2.05) is 0 Å². The zero-order valence-corrected chi connectivity index (χ0v) is 5.54. The van der Waals surface area contributed by atoms with E-state index in [4.69, 9.17) is 9.47 Å². The van der Waals surface area contributed by atoms with E-state index in [1.165, 1.54) is 0 Å². The van der Waals surface area contributed by atoms with Crippen molar-refractivity contribution in [2.75, 3.05) is 13.2 Å². The molecule has 0 radical (unpaired) electrons. The van der Waals surface area contributed by atoms with Crippen molar-refractivity contribution in [1.29, 1.82) is 0 Å². The van der Waals surface area contributed by atoms with Crippen molar-refractivity contribution in [1.82, 2.24) is 0 Å². The summed E-state index contributed by atoms with van der Waals surface area (Å²) in [5.41, 5.74) is -1.15. The minimum absolute atomic E-state index is 0.368. The first kappa shape index (κ1) is 6.54. The summed E-state index contributed by atoms with van der Waals surface area (Å²) in [4.78, 5) is 0. The molecule has 2 rings (SSSR count). The Bertz CT molecular complexity index is 130. The van der Waals surface area contributed by atoms with Gasteiger partial charge in [-0.2, -0.15) is 0 Å². The van der Waals surface area contributed by atoms with Crippen LogP contribution < -0.4 is 0 Å². The summed E-state index contributed by atoms with van der Waals surface area (Å²) in [6.07, 6.45) is 0.924. The topological polar surface area (TPSA) is 58.9 Å². The Labute approximate surface area is 58.4 Å². The molecule has 0 aromatic carbocycles. The first-order valence-electron chi connectivity index (χ1n) is 3.39. The number of hydrogen-bond acceptors (Lipinski definition) is 4. The molecule has 10 heavy (non-hydrogen) atoms. The number of fused-ring (bicyclic) bond motifs is 1. The summed E-state index contributed by atoms with van der Waals surface area (Å²) in [7, 11) is 0. The first-order valence-corrected chi connectivity index (χ1v) is 3.39. The van der Waals surface area contributed by atoms with E-state index in [0.717, 1.165) is 0 Å². The smallest absolute Gasteiger partial charge is 0.311 e. The third-order valence-electron chi connectivity index (χ3n) is 2.21. The lowest BCUT2D eigenvalue weighted by Crippen LogP contribution is -2.47. The minimum Gasteiger partial charge on any atom is -0.381 e. The largest absolute Gasteiger partial charge is 0.381 e. The average molecular weight is 146 g/mol. The van der Waals surface area contributed by atoms with Crippen molar-refractivity contribution < 1.29 is 19.7 Å². The zero-order valence-electron chi connectivity index (χ0n) is 5.54. The van der Waals surface area contributed by atoms with Gasteiger partial charge in [-0.1, -0.05) is 0 Å². The van der Waals surface area contributed by atoms with Gasteiger partial charge in [0.05, 0.1) is 13.2 Å². The molecule has 4 nitrogen and oxygen atoms in total. The summed E-state index contributed by atoms with van der Waals surface area (Å²) < 4.78 is 9.70. The molecule has 0 aromatic rings. The van der Waals surface area contributed by atoms with E-state index in [-0.39, 0.29) is 0 Å². The van der Waals surface area contributed by atoms with E-state index >= 15 is 0 Å². The Balaban J connectivity index is 2.30. The van der Waals surface area contributed by atoms with Crippen molar-refractivity contribution >= 4 is 0 Å². The monoisotopic (exact) mass is 146 g/mol. The van der Waals surface area contributed by atoms with Gasteiger partial charge >= 0.3 is 5.97 Å². The Morgan fingerprint density at radius 1 is 1.00 bits per heavy atom. The van der Waals surface area contributed by atoms with Crippen molar-refractivity contribution in [3.8, 4) is 0 Å². The van der Waals surface area contributed by atoms with Crippen LogP contribution in [0.3, 0.4) is 0 Å². The summed E-state index contributed by atoms with van der Waals surface area (Å²) in [5, 5.41) is 19.0. The fraction of sp³-hybridized carbons (Fsp3) is 1.00. The maximum Gasteiger partial charge on any atom is 0.311 e. The molecule has 0 aliphatic carbocycles. The maximum atomic E-state index is 9.59. The lowest BCUT2D eigenvalue weighted by atomic mass is 9.98. The molecule has 0 amide bonds. The van der Waals surface area contributed by atoms with Crippen LogP contribution in [0.1, 0.15) is 12.8 Å². The predicted molar refractivity (Wildman–Crippen MR) is 31.0 cm³/mol. The molecule has 0 saturated carbocycles. The second-order valence-electron chi connectivity index (χ2n) is 2.81. The summed E-state index contributed by atoms with van der Waals surface area (Å²) >= 11 is 0. The minimum atomic E-state index is -1.70. The molecule has 0 aromatic heterocycles. The SMILES string of the molecule is OC12CCOC1(O)OCC2. The standard InChI is InChI=1S/C6H10O4/c7-5-1-3-9-6(5,8)10-4-2-5/h7-8H,1-4H2. The Morgan fingerprint density at radius 3 is 1.90 bits per heavy atom. The number of ether oxygens (including phenoxy) is 2. The quantitative estimate of drug-likeness (QED) is 0.470. The van der Waals surface area contributed by atoms with Crippen molar-refractivity contribution in [2.24, 2.45) is 0 Å². The second kappa shape index (κ2) is 1.71. The summed E-state index contributed by atoms with van der Waals surface area (Å²) in [6.45, 7) is 0.736. The van der Waals surface area contributed by atoms with Gasteiger partial charge in [0.15, 0.2) is 5.60 Å². The van der Waals surface area contributed by atoms with Crippen LogP contribution in [0.25, 0.3) is 0 Å². The highest BCUT2D eigenvalue weighted by Crippen LogP contribution is 2.42. The van der Waals surface area contributed by atoms with Crippen LogP contribution in [-0.4, -0.2) is 35.0 Å². The number of aliphatic hydroxyl groups is 2. The van der Waals surface area contributed by atoms with Gasteiger partial charge in [-0.25, -0.2) is 0 Å². The molecule has 0 atom stereocenters. The Morgan fingerprint density at radius 2 is 1.50 bits per heavy atom. The molecule has 0 bridgehead atoms. The first-order chi connectivity index (χ1) is 4.66. The van der Waals surface area contributed by atoms with Crippen LogP contribution in [0.15, 0.2) is 0 Å².